The number of ether oxygens (including phenoxy) is 2. The molecule has 0 aliphatic carbocycles. The van der Waals surface area contributed by atoms with E-state index in [2.05, 4.69) is 10.7 Å². The fourth-order valence-corrected chi connectivity index (χ4v) is 3.85. The first kappa shape index (κ1) is 22.1. The molecule has 0 saturated carbocycles. The second-order valence-electron chi connectivity index (χ2n) is 7.80. The molecule has 2 atom stereocenters. The van der Waals surface area contributed by atoms with Crippen LogP contribution in [0, 0.1) is 6.92 Å². The van der Waals surface area contributed by atoms with E-state index in [9.17, 15) is 9.59 Å². The van der Waals surface area contributed by atoms with Crippen molar-refractivity contribution in [1.29, 1.82) is 0 Å². The van der Waals surface area contributed by atoms with Crippen LogP contribution in [0.2, 0.25) is 0 Å². The third kappa shape index (κ3) is 4.72. The second-order valence-corrected chi connectivity index (χ2v) is 7.80. The molecule has 33 heavy (non-hydrogen) atoms. The number of hydrazone groups is 1. The number of benzene rings is 3. The van der Waals surface area contributed by atoms with Gasteiger partial charge in [-0.2, -0.15) is 0 Å². The number of rotatable bonds is 6. The highest BCUT2D eigenvalue weighted by Crippen LogP contribution is 2.29. The molecule has 7 nitrogen and oxygen atoms in total. The predicted molar refractivity (Wildman–Crippen MR) is 125 cm³/mol. The summed E-state index contributed by atoms with van der Waals surface area (Å²) in [5.41, 5.74) is 6.20. The zero-order valence-corrected chi connectivity index (χ0v) is 18.7. The molecule has 2 N–H and O–H groups in total. The number of amides is 2. The highest BCUT2D eigenvalue weighted by molar-refractivity contribution is 5.98. The maximum Gasteiger partial charge on any atom is 0.304 e. The van der Waals surface area contributed by atoms with Crippen molar-refractivity contribution >= 4 is 18.0 Å². The smallest absolute Gasteiger partial charge is 0.304 e. The molecule has 2 amide bonds. The first-order chi connectivity index (χ1) is 16.0. The van der Waals surface area contributed by atoms with Crippen LogP contribution in [-0.4, -0.2) is 43.0 Å². The van der Waals surface area contributed by atoms with Crippen LogP contribution in [0.15, 0.2) is 72.8 Å². The standard InChI is InChI=1S/C26H25N3O4/c1-17-9-12-19(13-10-17)24-23(27-25(30)20-7-5-4-6-8-20)26(31)28-29(24)16-18-11-14-21(32-2)22(15-18)33-3/h4-16,23-24H,1-3H3,(H-,27,28,30,31)/p+1/b29-16-/t23-,24-/m0/s1. The Labute approximate surface area is 192 Å². The van der Waals surface area contributed by atoms with Crippen LogP contribution < -0.4 is 20.2 Å². The van der Waals surface area contributed by atoms with E-state index < -0.39 is 12.1 Å². The van der Waals surface area contributed by atoms with Gasteiger partial charge in [-0.15, -0.1) is 10.1 Å². The lowest BCUT2D eigenvalue weighted by Gasteiger charge is -2.15. The number of hydrogen-bond acceptors (Lipinski definition) is 4. The van der Waals surface area contributed by atoms with Gasteiger partial charge in [0.05, 0.1) is 14.2 Å². The summed E-state index contributed by atoms with van der Waals surface area (Å²) in [5.74, 6) is 0.600. The second kappa shape index (κ2) is 9.56. The fraction of sp³-hybridized carbons (Fsp3) is 0.192. The van der Waals surface area contributed by atoms with Gasteiger partial charge >= 0.3 is 5.91 Å². The van der Waals surface area contributed by atoms with Crippen molar-refractivity contribution in [3.05, 3.63) is 95.1 Å². The van der Waals surface area contributed by atoms with Gasteiger partial charge in [0.1, 0.15) is 0 Å². The number of carbonyl (C=O) groups excluding carboxylic acids is 2. The van der Waals surface area contributed by atoms with E-state index in [4.69, 9.17) is 9.47 Å². The lowest BCUT2D eigenvalue weighted by atomic mass is 9.98. The van der Waals surface area contributed by atoms with E-state index >= 15 is 0 Å². The summed E-state index contributed by atoms with van der Waals surface area (Å²) in [6, 6.07) is 21.1. The molecule has 3 aromatic carbocycles. The molecule has 1 aliphatic heterocycles. The van der Waals surface area contributed by atoms with Gasteiger partial charge in [-0.05, 0) is 37.3 Å². The topological polar surface area (TPSA) is 79.7 Å². The van der Waals surface area contributed by atoms with E-state index in [-0.39, 0.29) is 11.8 Å². The van der Waals surface area contributed by atoms with Gasteiger partial charge < -0.3 is 14.8 Å². The van der Waals surface area contributed by atoms with Gasteiger partial charge in [-0.25, -0.2) is 0 Å². The molecule has 0 bridgehead atoms. The van der Waals surface area contributed by atoms with Crippen LogP contribution in [0.25, 0.3) is 0 Å². The Bertz CT molecular complexity index is 1190. The van der Waals surface area contributed by atoms with Gasteiger partial charge in [-0.3, -0.25) is 9.59 Å². The van der Waals surface area contributed by atoms with Crippen LogP contribution in [0.1, 0.15) is 33.1 Å². The first-order valence-corrected chi connectivity index (χ1v) is 10.6. The molecule has 1 fully saturated rings. The Morgan fingerprint density at radius 3 is 2.33 bits per heavy atom. The van der Waals surface area contributed by atoms with Crippen molar-refractivity contribution in [2.75, 3.05) is 14.2 Å². The summed E-state index contributed by atoms with van der Waals surface area (Å²) >= 11 is 0. The molecule has 168 valence electrons. The largest absolute Gasteiger partial charge is 0.493 e. The number of carbonyl (C=O) groups is 2. The van der Waals surface area contributed by atoms with E-state index in [1.165, 1.54) is 0 Å². The quantitative estimate of drug-likeness (QED) is 0.573. The van der Waals surface area contributed by atoms with Crippen molar-refractivity contribution in [3.63, 3.8) is 0 Å². The predicted octanol–water partition coefficient (Wildman–Crippen LogP) is 3.03. The average Bonchev–Trinajstić information content (AvgIpc) is 3.14. The summed E-state index contributed by atoms with van der Waals surface area (Å²) in [6.45, 7) is 2.00. The Kier molecular flexibility index (Phi) is 6.40. The van der Waals surface area contributed by atoms with Crippen molar-refractivity contribution in [3.8, 4) is 11.5 Å². The third-order valence-corrected chi connectivity index (χ3v) is 5.57. The SMILES string of the molecule is COc1ccc(/C=[N+]2\NC(=O)[C@@H](NC(=O)c3ccccc3)[C@@H]2c2ccc(C)cc2)cc1OC. The number of hydrazine groups is 1. The van der Waals surface area contributed by atoms with Gasteiger partial charge in [0.25, 0.3) is 5.91 Å². The molecule has 7 heteroatoms. The molecule has 4 rings (SSSR count). The average molecular weight is 445 g/mol. The highest BCUT2D eigenvalue weighted by atomic mass is 16.5. The Morgan fingerprint density at radius 1 is 0.970 bits per heavy atom. The van der Waals surface area contributed by atoms with Crippen LogP contribution in [0.3, 0.4) is 0 Å². The highest BCUT2D eigenvalue weighted by Gasteiger charge is 2.47. The van der Waals surface area contributed by atoms with Gasteiger partial charge in [-0.1, -0.05) is 48.0 Å². The van der Waals surface area contributed by atoms with Crippen LogP contribution in [0.4, 0.5) is 0 Å². The summed E-state index contributed by atoms with van der Waals surface area (Å²) in [4.78, 5) is 25.8. The number of nitrogens with zero attached hydrogens (tertiary/aromatic N) is 1. The van der Waals surface area contributed by atoms with Gasteiger partial charge in [0.2, 0.25) is 12.3 Å². The first-order valence-electron chi connectivity index (χ1n) is 10.6. The van der Waals surface area contributed by atoms with E-state index in [1.807, 2.05) is 55.6 Å². The van der Waals surface area contributed by atoms with E-state index in [0.717, 1.165) is 16.7 Å². The molecule has 1 aliphatic rings. The number of methoxy groups -OCH3 is 2. The van der Waals surface area contributed by atoms with E-state index in [1.54, 1.807) is 49.2 Å². The Balaban J connectivity index is 1.72. The molecule has 1 heterocycles. The van der Waals surface area contributed by atoms with Crippen molar-refractivity contribution in [2.45, 2.75) is 19.0 Å². The molecule has 0 unspecified atom stereocenters. The molecule has 0 spiro atoms. The molecule has 1 saturated heterocycles. The minimum Gasteiger partial charge on any atom is -0.493 e. The van der Waals surface area contributed by atoms with Crippen molar-refractivity contribution in [1.82, 2.24) is 10.7 Å². The van der Waals surface area contributed by atoms with Crippen LogP contribution in [0.5, 0.6) is 11.5 Å². The third-order valence-electron chi connectivity index (χ3n) is 5.57. The van der Waals surface area contributed by atoms with Crippen molar-refractivity contribution in [2.24, 2.45) is 0 Å². The summed E-state index contributed by atoms with van der Waals surface area (Å²) in [6.07, 6.45) is 1.82. The van der Waals surface area contributed by atoms with Crippen LogP contribution >= 0.6 is 0 Å². The van der Waals surface area contributed by atoms with Gasteiger partial charge in [0, 0.05) is 16.7 Å². The van der Waals surface area contributed by atoms with Crippen LogP contribution in [-0.2, 0) is 4.79 Å². The lowest BCUT2D eigenvalue weighted by Crippen LogP contribution is -2.42. The lowest BCUT2D eigenvalue weighted by molar-refractivity contribution is -0.596. The Hall–Kier alpha value is -4.13. The number of hydrogen-bond donors (Lipinski definition) is 2. The molecular weight excluding hydrogens is 418 g/mol. The molecular formula is C26H26N3O4+. The summed E-state index contributed by atoms with van der Waals surface area (Å²) < 4.78 is 12.4. The zero-order valence-electron chi connectivity index (χ0n) is 18.7. The van der Waals surface area contributed by atoms with E-state index in [0.29, 0.717) is 17.1 Å². The minimum absolute atomic E-state index is 0.290. The normalized spacial score (nSPS) is 18.6. The van der Waals surface area contributed by atoms with Crippen molar-refractivity contribution < 1.29 is 23.7 Å². The molecule has 0 radical (unpaired) electrons. The monoisotopic (exact) mass is 444 g/mol. The maximum atomic E-state index is 13.0. The fourth-order valence-electron chi connectivity index (χ4n) is 3.85. The number of nitrogens with one attached hydrogen (secondary N) is 2. The molecule has 3 aromatic rings. The number of aryl methyl sites for hydroxylation is 1. The maximum absolute atomic E-state index is 13.0. The zero-order chi connectivity index (χ0) is 23.4. The van der Waals surface area contributed by atoms with Gasteiger partial charge in [0.15, 0.2) is 17.5 Å². The minimum atomic E-state index is -0.781. The summed E-state index contributed by atoms with van der Waals surface area (Å²) in [5, 5.41) is 2.91. The molecule has 0 aromatic heterocycles. The summed E-state index contributed by atoms with van der Waals surface area (Å²) in [7, 11) is 3.15. The Morgan fingerprint density at radius 2 is 1.67 bits per heavy atom.